The minimum Gasteiger partial charge on any atom is -0.505 e. The summed E-state index contributed by atoms with van der Waals surface area (Å²) in [7, 11) is 7.66. The number of aromatic hydroxyl groups is 4. The van der Waals surface area contributed by atoms with Gasteiger partial charge in [0.05, 0.1) is 66.9 Å². The molecule has 0 amide bonds. The van der Waals surface area contributed by atoms with Crippen LogP contribution in [0.3, 0.4) is 0 Å². The number of para-hydroxylation sites is 8. The molecule has 16 aromatic carbocycles. The standard InChI is InChI=1S/2C42H36F2N4O2.4C7H7.Hf.Zr/c2*1-45(25-27-21-29(43)23-39(41(27)49)47-35-15-7-3-11-31(35)32-12-4-8-16-36(32)47)19-20-46(2)26-28-22-30(44)24-40(42(28)50)48-37-17-9-5-13-33(37)34-14-6-10-18-38(34)48;4*1-7-5-3-2-4-6-7;;/h2*3-18,21-24,49-50H,19-20,25-26H2,1-2H3;4*2-6H,1H2;;/q;;4*-1;;+2. The van der Waals surface area contributed by atoms with Gasteiger partial charge in [-0.05, 0) is 101 Å². The molecule has 20 aromatic rings. The molecular weight excluding hydrogens is 1870 g/mol. The monoisotopic (exact) mass is 1970 g/mol. The molecule has 4 heterocycles. The first kappa shape index (κ1) is 94.3. The smallest absolute Gasteiger partial charge is 0.505 e. The summed E-state index contributed by atoms with van der Waals surface area (Å²) in [6.45, 7) is 18.4. The first-order chi connectivity index (χ1) is 62.1. The average molecular weight is 1970 g/mol. The molecule has 20 rings (SSSR count). The van der Waals surface area contributed by atoms with E-state index in [0.29, 0.717) is 97.4 Å². The third-order valence-electron chi connectivity index (χ3n) is 22.7. The first-order valence-corrected chi connectivity index (χ1v) is 42.4. The SMILES string of the molecule is CN(CCN(C)Cc1cc(F)cc(-n2c3ccccc3c3ccccc32)c1O)Cc1cc(F)cc(-n2c3ccccc3c3ccccc32)c1O.CN(CCN(C)Cc1cc(F)cc(-n2c3ccccc3c3ccccc32)c1O)Cc1cc(F)cc(-n2c3ccccc3c3ccccc32)c1O.[CH2-]c1ccccc1.[CH2-]c1ccccc1.[CH2-]c1ccccc1.[CH2-]c1ccccc1.[Hf].[Zr+2]. The van der Waals surface area contributed by atoms with Crippen LogP contribution in [0.25, 0.3) is 110 Å². The molecular formula is C112H100F4HfN8O4Zr-2. The van der Waals surface area contributed by atoms with Crippen LogP contribution in [0.1, 0.15) is 44.5 Å². The molecule has 0 radical (unpaired) electrons. The molecule has 4 N–H and O–H groups in total. The Morgan fingerprint density at radius 2 is 0.362 bits per heavy atom. The number of hydrogen-bond donors (Lipinski definition) is 4. The Morgan fingerprint density at radius 1 is 0.223 bits per heavy atom. The van der Waals surface area contributed by atoms with Crippen molar-refractivity contribution in [3.05, 3.63) is 459 Å². The van der Waals surface area contributed by atoms with E-state index in [1.165, 1.54) is 48.5 Å². The molecule has 0 aliphatic rings. The maximum absolute atomic E-state index is 15.2. The minimum absolute atomic E-state index is 0. The van der Waals surface area contributed by atoms with Gasteiger partial charge in [-0.25, -0.2) is 17.6 Å². The van der Waals surface area contributed by atoms with Crippen LogP contribution in [0, 0.1) is 51.0 Å². The van der Waals surface area contributed by atoms with Crippen LogP contribution in [0.2, 0.25) is 0 Å². The molecule has 0 saturated carbocycles. The van der Waals surface area contributed by atoms with Gasteiger partial charge in [-0.2, -0.15) is 98.5 Å². The second-order valence-corrected chi connectivity index (χ2v) is 32.1. The second kappa shape index (κ2) is 43.7. The summed E-state index contributed by atoms with van der Waals surface area (Å²) in [5, 5.41) is 54.3. The maximum atomic E-state index is 15.2. The second-order valence-electron chi connectivity index (χ2n) is 32.1. The van der Waals surface area contributed by atoms with Crippen LogP contribution in [-0.4, -0.2) is 113 Å². The molecule has 18 heteroatoms. The summed E-state index contributed by atoms with van der Waals surface area (Å²) < 4.78 is 68.4. The molecule has 0 aliphatic heterocycles. The van der Waals surface area contributed by atoms with Crippen molar-refractivity contribution >= 4 is 87.2 Å². The molecule has 0 aliphatic carbocycles. The van der Waals surface area contributed by atoms with E-state index in [0.717, 1.165) is 109 Å². The van der Waals surface area contributed by atoms with E-state index < -0.39 is 23.3 Å². The zero-order valence-corrected chi connectivity index (χ0v) is 79.1. The number of hydrogen-bond acceptors (Lipinski definition) is 8. The fourth-order valence-electron chi connectivity index (χ4n) is 16.5. The summed E-state index contributed by atoms with van der Waals surface area (Å²) >= 11 is 0. The van der Waals surface area contributed by atoms with E-state index in [9.17, 15) is 20.4 Å². The number of aromatic nitrogens is 4. The van der Waals surface area contributed by atoms with Crippen molar-refractivity contribution in [2.45, 2.75) is 26.2 Å². The van der Waals surface area contributed by atoms with Crippen molar-refractivity contribution in [3.63, 3.8) is 0 Å². The van der Waals surface area contributed by atoms with Gasteiger partial charge in [-0.1, -0.05) is 170 Å². The number of likely N-dealkylation sites (N-methyl/N-ethyl adjacent to an activating group) is 4. The van der Waals surface area contributed by atoms with Crippen LogP contribution < -0.4 is 0 Å². The molecule has 0 unspecified atom stereocenters. The van der Waals surface area contributed by atoms with Gasteiger partial charge in [0.1, 0.15) is 46.3 Å². The van der Waals surface area contributed by atoms with Gasteiger partial charge in [0, 0.05) is 168 Å². The Kier molecular flexibility index (Phi) is 31.7. The number of halogens is 4. The zero-order valence-electron chi connectivity index (χ0n) is 73.0. The van der Waals surface area contributed by atoms with E-state index in [1.54, 1.807) is 0 Å². The summed E-state index contributed by atoms with van der Waals surface area (Å²) in [4.78, 5) is 8.04. The Balaban J connectivity index is 0.000000168. The number of rotatable bonds is 18. The normalized spacial score (nSPS) is 11.1. The molecule has 0 spiro atoms. The molecule has 0 fully saturated rings. The van der Waals surface area contributed by atoms with Crippen molar-refractivity contribution in [1.82, 2.24) is 37.9 Å². The van der Waals surface area contributed by atoms with Crippen molar-refractivity contribution in [2.75, 3.05) is 54.4 Å². The number of nitrogens with zero attached hydrogens (tertiary/aromatic N) is 8. The maximum Gasteiger partial charge on any atom is 2.00 e. The van der Waals surface area contributed by atoms with E-state index in [-0.39, 0.29) is 75.0 Å². The third-order valence-corrected chi connectivity index (χ3v) is 22.7. The number of benzene rings is 16. The molecule has 130 heavy (non-hydrogen) atoms. The van der Waals surface area contributed by atoms with Crippen molar-refractivity contribution in [1.29, 1.82) is 0 Å². The molecule has 0 bridgehead atoms. The van der Waals surface area contributed by atoms with Crippen molar-refractivity contribution in [2.24, 2.45) is 0 Å². The first-order valence-electron chi connectivity index (χ1n) is 42.4. The third kappa shape index (κ3) is 21.8. The van der Waals surface area contributed by atoms with Crippen LogP contribution in [0.5, 0.6) is 23.0 Å². The molecule has 0 saturated heterocycles. The molecule has 12 nitrogen and oxygen atoms in total. The van der Waals surface area contributed by atoms with Gasteiger partial charge in [0.2, 0.25) is 0 Å². The van der Waals surface area contributed by atoms with Gasteiger partial charge in [0.25, 0.3) is 0 Å². The van der Waals surface area contributed by atoms with Crippen LogP contribution in [0.4, 0.5) is 17.6 Å². The van der Waals surface area contributed by atoms with Crippen LogP contribution in [0.15, 0.2) is 364 Å². The Labute approximate surface area is 794 Å². The number of phenolic OH excluding ortho intramolecular Hbond substituents is 4. The van der Waals surface area contributed by atoms with Gasteiger partial charge in [-0.15, -0.1) is 48.5 Å². The molecule has 0 atom stereocenters. The van der Waals surface area contributed by atoms with Gasteiger partial charge < -0.3 is 58.3 Å². The molecule has 650 valence electrons. The van der Waals surface area contributed by atoms with Gasteiger partial charge in [-0.3, -0.25) is 0 Å². The Hall–Kier alpha value is -13.3. The molecule has 4 aromatic heterocycles. The summed E-state index contributed by atoms with van der Waals surface area (Å²) in [6, 6.07) is 114. The Bertz CT molecular complexity index is 6160. The van der Waals surface area contributed by atoms with Gasteiger partial charge >= 0.3 is 26.2 Å². The average Bonchev–Trinajstić information content (AvgIpc) is 1.61. The fourth-order valence-corrected chi connectivity index (χ4v) is 16.5. The predicted molar refractivity (Wildman–Crippen MR) is 519 cm³/mol. The summed E-state index contributed by atoms with van der Waals surface area (Å²) in [5.74, 6) is -1.61. The summed E-state index contributed by atoms with van der Waals surface area (Å²) in [5.41, 5.74) is 14.9. The quantitative estimate of drug-likeness (QED) is 0.0382. The fraction of sp³-hybridized carbons (Fsp3) is 0.107. The van der Waals surface area contributed by atoms with E-state index in [4.69, 9.17) is 0 Å². The van der Waals surface area contributed by atoms with E-state index in [1.807, 2.05) is 382 Å². The topological polar surface area (TPSA) is 114 Å². The summed E-state index contributed by atoms with van der Waals surface area (Å²) in [6.07, 6.45) is 0. The van der Waals surface area contributed by atoms with Crippen LogP contribution in [-0.2, 0) is 78.2 Å². The number of phenols is 4. The van der Waals surface area contributed by atoms with Crippen molar-refractivity contribution in [3.8, 4) is 45.7 Å². The van der Waals surface area contributed by atoms with Crippen molar-refractivity contribution < 1.29 is 90.0 Å². The van der Waals surface area contributed by atoms with Crippen LogP contribution >= 0.6 is 0 Å². The van der Waals surface area contributed by atoms with E-state index in [2.05, 4.69) is 27.7 Å². The largest absolute Gasteiger partial charge is 2.00 e. The Morgan fingerprint density at radius 3 is 0.500 bits per heavy atom. The predicted octanol–water partition coefficient (Wildman–Crippen LogP) is 25.7. The van der Waals surface area contributed by atoms with E-state index >= 15 is 17.6 Å². The zero-order chi connectivity index (χ0) is 89.5. The minimum atomic E-state index is -0.430. The van der Waals surface area contributed by atoms with Gasteiger partial charge in [0.15, 0.2) is 0 Å². The number of fused-ring (bicyclic) bond motifs is 12.